The number of nitrogens with zero attached hydrogens (tertiary/aromatic N) is 2. The van der Waals surface area contributed by atoms with Crippen molar-refractivity contribution in [1.82, 2.24) is 9.36 Å². The van der Waals surface area contributed by atoms with E-state index in [0.717, 1.165) is 23.9 Å². The molecule has 3 nitrogen and oxygen atoms in total. The van der Waals surface area contributed by atoms with Crippen LogP contribution < -0.4 is 5.32 Å². The summed E-state index contributed by atoms with van der Waals surface area (Å²) in [5.74, 6) is 1.59. The van der Waals surface area contributed by atoms with Gasteiger partial charge in [-0.1, -0.05) is 34.6 Å². The van der Waals surface area contributed by atoms with Crippen LogP contribution >= 0.6 is 11.5 Å². The SMILES string of the molecule is CCc1nsc(NCC(C)(C)C(C)C)n1. The summed E-state index contributed by atoms with van der Waals surface area (Å²) in [6.07, 6.45) is 0.908. The summed E-state index contributed by atoms with van der Waals surface area (Å²) in [6, 6.07) is 0. The average molecular weight is 227 g/mol. The fraction of sp³-hybridized carbons (Fsp3) is 0.818. The molecule has 0 aliphatic rings. The summed E-state index contributed by atoms with van der Waals surface area (Å²) in [5, 5.41) is 4.31. The van der Waals surface area contributed by atoms with Crippen LogP contribution in [0, 0.1) is 11.3 Å². The smallest absolute Gasteiger partial charge is 0.202 e. The second-order valence-electron chi connectivity index (χ2n) is 4.87. The molecule has 1 rings (SSSR count). The molecule has 1 aromatic rings. The number of hydrogen-bond acceptors (Lipinski definition) is 4. The molecule has 0 aliphatic heterocycles. The lowest BCUT2D eigenvalue weighted by Gasteiger charge is -2.29. The zero-order chi connectivity index (χ0) is 11.5. The van der Waals surface area contributed by atoms with Gasteiger partial charge in [0, 0.05) is 24.5 Å². The van der Waals surface area contributed by atoms with Crippen LogP contribution in [0.25, 0.3) is 0 Å². The van der Waals surface area contributed by atoms with Crippen LogP contribution in [0.4, 0.5) is 5.13 Å². The van der Waals surface area contributed by atoms with E-state index in [1.165, 1.54) is 11.5 Å². The Kier molecular flexibility index (Phi) is 4.08. The molecule has 1 heterocycles. The van der Waals surface area contributed by atoms with Gasteiger partial charge in [-0.05, 0) is 11.3 Å². The Morgan fingerprint density at radius 2 is 2.07 bits per heavy atom. The summed E-state index contributed by atoms with van der Waals surface area (Å²) in [7, 11) is 0. The van der Waals surface area contributed by atoms with Gasteiger partial charge in [-0.3, -0.25) is 0 Å². The third-order valence-electron chi connectivity index (χ3n) is 3.04. The van der Waals surface area contributed by atoms with Gasteiger partial charge in [0.15, 0.2) is 0 Å². The number of rotatable bonds is 5. The number of nitrogens with one attached hydrogen (secondary N) is 1. The molecule has 0 saturated carbocycles. The number of aryl methyl sites for hydroxylation is 1. The van der Waals surface area contributed by atoms with E-state index < -0.39 is 0 Å². The van der Waals surface area contributed by atoms with Gasteiger partial charge in [0.1, 0.15) is 5.82 Å². The molecule has 0 saturated heterocycles. The fourth-order valence-corrected chi connectivity index (χ4v) is 1.62. The molecule has 0 aromatic carbocycles. The molecule has 86 valence electrons. The third kappa shape index (κ3) is 3.45. The van der Waals surface area contributed by atoms with E-state index in [4.69, 9.17) is 0 Å². The second kappa shape index (κ2) is 4.92. The van der Waals surface area contributed by atoms with Crippen LogP contribution in [-0.4, -0.2) is 15.9 Å². The van der Waals surface area contributed by atoms with Crippen LogP contribution in [0.2, 0.25) is 0 Å². The van der Waals surface area contributed by atoms with E-state index >= 15 is 0 Å². The van der Waals surface area contributed by atoms with Crippen LogP contribution in [0.3, 0.4) is 0 Å². The number of aromatic nitrogens is 2. The van der Waals surface area contributed by atoms with Crippen LogP contribution in [0.1, 0.15) is 40.4 Å². The molecule has 15 heavy (non-hydrogen) atoms. The Bertz CT molecular complexity index is 305. The molecule has 0 radical (unpaired) electrons. The van der Waals surface area contributed by atoms with Crippen molar-refractivity contribution in [1.29, 1.82) is 0 Å². The average Bonchev–Trinajstić information content (AvgIpc) is 2.62. The van der Waals surface area contributed by atoms with Crippen molar-refractivity contribution in [2.24, 2.45) is 11.3 Å². The molecule has 1 aromatic heterocycles. The van der Waals surface area contributed by atoms with Crippen molar-refractivity contribution < 1.29 is 0 Å². The Balaban J connectivity index is 2.50. The summed E-state index contributed by atoms with van der Waals surface area (Å²) >= 11 is 1.45. The van der Waals surface area contributed by atoms with E-state index in [1.807, 2.05) is 0 Å². The lowest BCUT2D eigenvalue weighted by atomic mass is 9.81. The van der Waals surface area contributed by atoms with E-state index in [9.17, 15) is 0 Å². The number of anilines is 1. The van der Waals surface area contributed by atoms with Crippen molar-refractivity contribution in [3.8, 4) is 0 Å². The van der Waals surface area contributed by atoms with Gasteiger partial charge in [0.25, 0.3) is 0 Å². The standard InChI is InChI=1S/C11H21N3S/c1-6-9-13-10(15-14-9)12-7-11(4,5)8(2)3/h8H,6-7H2,1-5H3,(H,12,13,14). The Morgan fingerprint density at radius 1 is 1.40 bits per heavy atom. The first-order valence-corrected chi connectivity index (χ1v) is 6.29. The Hall–Kier alpha value is -0.640. The minimum atomic E-state index is 0.290. The fourth-order valence-electron chi connectivity index (χ4n) is 0.977. The molecule has 0 spiro atoms. The van der Waals surface area contributed by atoms with Gasteiger partial charge in [0.2, 0.25) is 5.13 Å². The van der Waals surface area contributed by atoms with Gasteiger partial charge in [-0.25, -0.2) is 4.98 Å². The van der Waals surface area contributed by atoms with Gasteiger partial charge in [0.05, 0.1) is 0 Å². The molecule has 0 fully saturated rings. The van der Waals surface area contributed by atoms with Crippen LogP contribution in [0.5, 0.6) is 0 Å². The molecule has 0 aliphatic carbocycles. The lowest BCUT2D eigenvalue weighted by molar-refractivity contribution is 0.269. The summed E-state index contributed by atoms with van der Waals surface area (Å²) in [4.78, 5) is 4.39. The zero-order valence-corrected chi connectivity index (χ0v) is 11.1. The molecule has 1 N–H and O–H groups in total. The highest BCUT2D eigenvalue weighted by molar-refractivity contribution is 7.09. The Labute approximate surface area is 96.5 Å². The van der Waals surface area contributed by atoms with Crippen molar-refractivity contribution in [3.05, 3.63) is 5.82 Å². The van der Waals surface area contributed by atoms with E-state index in [1.54, 1.807) is 0 Å². The maximum Gasteiger partial charge on any atom is 0.202 e. The zero-order valence-electron chi connectivity index (χ0n) is 10.3. The second-order valence-corrected chi connectivity index (χ2v) is 5.62. The molecule has 0 atom stereocenters. The molecular formula is C11H21N3S. The third-order valence-corrected chi connectivity index (χ3v) is 3.75. The Morgan fingerprint density at radius 3 is 2.53 bits per heavy atom. The predicted octanol–water partition coefficient (Wildman–Crippen LogP) is 3.19. The highest BCUT2D eigenvalue weighted by Crippen LogP contribution is 2.26. The first-order chi connectivity index (χ1) is 6.95. The van der Waals surface area contributed by atoms with E-state index in [0.29, 0.717) is 5.92 Å². The van der Waals surface area contributed by atoms with E-state index in [-0.39, 0.29) is 5.41 Å². The molecule has 0 bridgehead atoms. The van der Waals surface area contributed by atoms with Gasteiger partial charge < -0.3 is 5.32 Å². The normalized spacial score (nSPS) is 12.1. The van der Waals surface area contributed by atoms with E-state index in [2.05, 4.69) is 49.3 Å². The molecule has 0 unspecified atom stereocenters. The summed E-state index contributed by atoms with van der Waals surface area (Å²) in [5.41, 5.74) is 0.290. The number of hydrogen-bond donors (Lipinski definition) is 1. The highest BCUT2D eigenvalue weighted by Gasteiger charge is 2.22. The van der Waals surface area contributed by atoms with Gasteiger partial charge >= 0.3 is 0 Å². The van der Waals surface area contributed by atoms with Crippen LogP contribution in [0.15, 0.2) is 0 Å². The summed E-state index contributed by atoms with van der Waals surface area (Å²) in [6.45, 7) is 12.1. The topological polar surface area (TPSA) is 37.8 Å². The first-order valence-electron chi connectivity index (χ1n) is 5.52. The van der Waals surface area contributed by atoms with Crippen molar-refractivity contribution in [2.75, 3.05) is 11.9 Å². The summed E-state index contributed by atoms with van der Waals surface area (Å²) < 4.78 is 4.25. The lowest BCUT2D eigenvalue weighted by Crippen LogP contribution is -2.28. The van der Waals surface area contributed by atoms with Gasteiger partial charge in [-0.2, -0.15) is 4.37 Å². The predicted molar refractivity (Wildman–Crippen MR) is 66.4 cm³/mol. The van der Waals surface area contributed by atoms with Crippen molar-refractivity contribution in [3.63, 3.8) is 0 Å². The van der Waals surface area contributed by atoms with Crippen molar-refractivity contribution in [2.45, 2.75) is 41.0 Å². The van der Waals surface area contributed by atoms with Crippen LogP contribution in [-0.2, 0) is 6.42 Å². The largest absolute Gasteiger partial charge is 0.360 e. The maximum absolute atomic E-state index is 4.39. The maximum atomic E-state index is 4.39. The van der Waals surface area contributed by atoms with Gasteiger partial charge in [-0.15, -0.1) is 0 Å². The highest BCUT2D eigenvalue weighted by atomic mass is 32.1. The minimum Gasteiger partial charge on any atom is -0.360 e. The first kappa shape index (κ1) is 12.4. The monoisotopic (exact) mass is 227 g/mol. The molecular weight excluding hydrogens is 206 g/mol. The minimum absolute atomic E-state index is 0.290. The molecule has 0 amide bonds. The quantitative estimate of drug-likeness (QED) is 0.839. The van der Waals surface area contributed by atoms with Crippen molar-refractivity contribution >= 4 is 16.7 Å². The molecule has 4 heteroatoms.